The number of quaternary nitrogens is 1. The van der Waals surface area contributed by atoms with Gasteiger partial charge in [0.1, 0.15) is 11.9 Å². The lowest BCUT2D eigenvalue weighted by Crippen LogP contribution is -3.06. The van der Waals surface area contributed by atoms with Gasteiger partial charge in [-0.25, -0.2) is 4.39 Å². The molecule has 2 rings (SSSR count). The third kappa shape index (κ3) is 4.71. The molecule has 2 aromatic rings. The monoisotopic (exact) mass is 365 g/mol. The number of hydrogen-bond donors (Lipinski definition) is 2. The molecule has 0 amide bonds. The summed E-state index contributed by atoms with van der Waals surface area (Å²) >= 11 is 6.18. The quantitative estimate of drug-likeness (QED) is 0.741. The summed E-state index contributed by atoms with van der Waals surface area (Å²) in [6.07, 6.45) is 1.57. The van der Waals surface area contributed by atoms with E-state index in [0.29, 0.717) is 35.1 Å². The van der Waals surface area contributed by atoms with Crippen LogP contribution in [0.15, 0.2) is 41.4 Å². The van der Waals surface area contributed by atoms with Crippen molar-refractivity contribution in [2.24, 2.45) is 4.99 Å². The Labute approximate surface area is 152 Å². The summed E-state index contributed by atoms with van der Waals surface area (Å²) in [5.74, 6) is 0.124. The number of phenols is 1. The number of phenolic OH excluding ortho intramolecular Hbond substituents is 1. The zero-order valence-electron chi connectivity index (χ0n) is 14.6. The van der Waals surface area contributed by atoms with Gasteiger partial charge in [-0.05, 0) is 31.2 Å². The minimum Gasteiger partial charge on any atom is -0.504 e. The highest BCUT2D eigenvalue weighted by Gasteiger charge is 2.24. The average molecular weight is 366 g/mol. The second kappa shape index (κ2) is 8.83. The van der Waals surface area contributed by atoms with Crippen molar-refractivity contribution in [1.29, 1.82) is 0 Å². The molecule has 0 bridgehead atoms. The molecule has 0 unspecified atom stereocenters. The van der Waals surface area contributed by atoms with Gasteiger partial charge < -0.3 is 14.7 Å². The molecule has 4 nitrogen and oxygen atoms in total. The smallest absolute Gasteiger partial charge is 0.166 e. The van der Waals surface area contributed by atoms with Gasteiger partial charge in [0.25, 0.3) is 0 Å². The normalized spacial score (nSPS) is 12.7. The molecule has 0 aliphatic heterocycles. The molecule has 0 heterocycles. The van der Waals surface area contributed by atoms with Gasteiger partial charge in [0.2, 0.25) is 0 Å². The molecule has 2 N–H and O–H groups in total. The molecule has 0 aliphatic rings. The fourth-order valence-electron chi connectivity index (χ4n) is 2.58. The summed E-state index contributed by atoms with van der Waals surface area (Å²) < 4.78 is 19.6. The summed E-state index contributed by atoms with van der Waals surface area (Å²) in [7, 11) is 3.85. The Bertz CT molecular complexity index is 730. The Morgan fingerprint density at radius 2 is 2.00 bits per heavy atom. The molecule has 2 aromatic carbocycles. The number of benzene rings is 2. The van der Waals surface area contributed by atoms with Crippen LogP contribution in [0.4, 0.5) is 4.39 Å². The molecule has 0 saturated carbocycles. The Morgan fingerprint density at radius 1 is 1.28 bits per heavy atom. The summed E-state index contributed by atoms with van der Waals surface area (Å²) in [6.45, 7) is 2.65. The standard InChI is InChI=1S/C19H22ClFN2O2/c1-4-25-17-10-5-7-13(19(17)24)11-22-12-16(23(2)3)18-14(20)8-6-9-15(18)21/h5-11,16,24H,4,12H2,1-3H3/p+1/t16-/m1/s1. The van der Waals surface area contributed by atoms with Crippen molar-refractivity contribution in [3.63, 3.8) is 0 Å². The van der Waals surface area contributed by atoms with E-state index in [4.69, 9.17) is 16.3 Å². The van der Waals surface area contributed by atoms with Gasteiger partial charge in [0.15, 0.2) is 11.5 Å². The number of nitrogens with one attached hydrogen (secondary N) is 1. The van der Waals surface area contributed by atoms with Crippen LogP contribution in [-0.4, -0.2) is 38.6 Å². The van der Waals surface area contributed by atoms with Crippen LogP contribution in [0.5, 0.6) is 11.5 Å². The van der Waals surface area contributed by atoms with Crippen LogP contribution in [0.2, 0.25) is 5.02 Å². The van der Waals surface area contributed by atoms with E-state index in [0.717, 1.165) is 4.90 Å². The van der Waals surface area contributed by atoms with Crippen molar-refractivity contribution in [2.45, 2.75) is 13.0 Å². The minimum absolute atomic E-state index is 0.0470. The van der Waals surface area contributed by atoms with E-state index in [1.165, 1.54) is 6.07 Å². The summed E-state index contributed by atoms with van der Waals surface area (Å²) in [6, 6.07) is 9.66. The van der Waals surface area contributed by atoms with E-state index >= 15 is 0 Å². The van der Waals surface area contributed by atoms with Crippen molar-refractivity contribution < 1.29 is 19.1 Å². The molecule has 0 saturated heterocycles. The highest BCUT2D eigenvalue weighted by atomic mass is 35.5. The van der Waals surface area contributed by atoms with Gasteiger partial charge >= 0.3 is 0 Å². The first-order chi connectivity index (χ1) is 12.0. The lowest BCUT2D eigenvalue weighted by Gasteiger charge is -2.21. The predicted octanol–water partition coefficient (Wildman–Crippen LogP) is 2.89. The number of halogens is 2. The molecule has 0 spiro atoms. The van der Waals surface area contributed by atoms with Crippen molar-refractivity contribution in [3.05, 3.63) is 58.4 Å². The van der Waals surface area contributed by atoms with E-state index in [2.05, 4.69) is 4.99 Å². The first-order valence-electron chi connectivity index (χ1n) is 8.14. The third-order valence-corrected chi connectivity index (χ3v) is 4.22. The maximum Gasteiger partial charge on any atom is 0.166 e. The second-order valence-electron chi connectivity index (χ2n) is 5.89. The maximum absolute atomic E-state index is 14.2. The van der Waals surface area contributed by atoms with Crippen LogP contribution >= 0.6 is 11.6 Å². The van der Waals surface area contributed by atoms with Crippen LogP contribution in [-0.2, 0) is 0 Å². The lowest BCUT2D eigenvalue weighted by atomic mass is 10.1. The maximum atomic E-state index is 14.2. The Balaban J connectivity index is 2.23. The topological polar surface area (TPSA) is 46.3 Å². The van der Waals surface area contributed by atoms with E-state index in [1.807, 2.05) is 21.0 Å². The Hall–Kier alpha value is -2.11. The molecule has 0 aliphatic carbocycles. The van der Waals surface area contributed by atoms with Gasteiger partial charge in [-0.3, -0.25) is 4.99 Å². The first-order valence-corrected chi connectivity index (χ1v) is 8.52. The van der Waals surface area contributed by atoms with E-state index in [-0.39, 0.29) is 17.6 Å². The van der Waals surface area contributed by atoms with E-state index in [9.17, 15) is 9.50 Å². The van der Waals surface area contributed by atoms with Crippen LogP contribution in [0.3, 0.4) is 0 Å². The molecule has 25 heavy (non-hydrogen) atoms. The largest absolute Gasteiger partial charge is 0.504 e. The van der Waals surface area contributed by atoms with Gasteiger partial charge in [-0.2, -0.15) is 0 Å². The van der Waals surface area contributed by atoms with Gasteiger partial charge in [-0.15, -0.1) is 0 Å². The number of hydrogen-bond acceptors (Lipinski definition) is 3. The number of rotatable bonds is 7. The van der Waals surface area contributed by atoms with E-state index < -0.39 is 0 Å². The summed E-state index contributed by atoms with van der Waals surface area (Å²) in [5, 5.41) is 10.6. The van der Waals surface area contributed by atoms with Crippen LogP contribution < -0.4 is 9.64 Å². The average Bonchev–Trinajstić information content (AvgIpc) is 2.56. The Morgan fingerprint density at radius 3 is 2.64 bits per heavy atom. The van der Waals surface area contributed by atoms with Crippen molar-refractivity contribution in [1.82, 2.24) is 0 Å². The fourth-order valence-corrected chi connectivity index (χ4v) is 2.87. The summed E-state index contributed by atoms with van der Waals surface area (Å²) in [5.41, 5.74) is 1.01. The lowest BCUT2D eigenvalue weighted by molar-refractivity contribution is -0.890. The molecular formula is C19H23ClFN2O2+. The number of ether oxygens (including phenoxy) is 1. The SMILES string of the molecule is CCOc1cccc(C=NC[C@H](c2c(F)cccc2Cl)[NH+](C)C)c1O. The molecule has 0 aromatic heterocycles. The second-order valence-corrected chi connectivity index (χ2v) is 6.29. The van der Waals surface area contributed by atoms with Crippen LogP contribution in [0.1, 0.15) is 24.1 Å². The third-order valence-electron chi connectivity index (χ3n) is 3.89. The highest BCUT2D eigenvalue weighted by Crippen LogP contribution is 2.29. The summed E-state index contributed by atoms with van der Waals surface area (Å²) in [4.78, 5) is 5.41. The molecule has 6 heteroatoms. The fraction of sp³-hybridized carbons (Fsp3) is 0.316. The van der Waals surface area contributed by atoms with Gasteiger partial charge in [-0.1, -0.05) is 23.7 Å². The molecule has 134 valence electrons. The number of para-hydroxylation sites is 1. The molecule has 0 fully saturated rings. The van der Waals surface area contributed by atoms with Crippen molar-refractivity contribution in [3.8, 4) is 11.5 Å². The van der Waals surface area contributed by atoms with Crippen LogP contribution in [0.25, 0.3) is 0 Å². The predicted molar refractivity (Wildman–Crippen MR) is 98.7 cm³/mol. The highest BCUT2D eigenvalue weighted by molar-refractivity contribution is 6.31. The molecule has 0 radical (unpaired) electrons. The number of aromatic hydroxyl groups is 1. The number of nitrogens with zero attached hydrogens (tertiary/aromatic N) is 1. The van der Waals surface area contributed by atoms with Crippen molar-refractivity contribution >= 4 is 17.8 Å². The van der Waals surface area contributed by atoms with Gasteiger partial charge in [0.05, 0.1) is 37.8 Å². The first kappa shape index (κ1) is 19.2. The van der Waals surface area contributed by atoms with Crippen LogP contribution in [0, 0.1) is 5.82 Å². The number of aliphatic imine (C=N–C) groups is 1. The molecular weight excluding hydrogens is 343 g/mol. The van der Waals surface area contributed by atoms with Crippen molar-refractivity contribution in [2.75, 3.05) is 27.2 Å². The molecule has 1 atom stereocenters. The Kier molecular flexibility index (Phi) is 6.79. The zero-order valence-corrected chi connectivity index (χ0v) is 15.3. The zero-order chi connectivity index (χ0) is 18.4. The minimum atomic E-state index is -0.338. The van der Waals surface area contributed by atoms with Gasteiger partial charge in [0, 0.05) is 11.8 Å². The van der Waals surface area contributed by atoms with E-state index in [1.54, 1.807) is 36.5 Å². The number of likely N-dealkylation sites (N-methyl/N-ethyl adjacent to an activating group) is 1.